The molecule has 0 spiro atoms. The van der Waals surface area contributed by atoms with Gasteiger partial charge in [0.25, 0.3) is 5.92 Å². The van der Waals surface area contributed by atoms with Gasteiger partial charge in [0.15, 0.2) is 0 Å². The highest BCUT2D eigenvalue weighted by molar-refractivity contribution is 5.44. The Kier molecular flexibility index (Phi) is 8.11. The molecule has 0 aromatic heterocycles. The first kappa shape index (κ1) is 26.0. The first-order valence-electron chi connectivity index (χ1n) is 12.7. The van der Waals surface area contributed by atoms with Gasteiger partial charge >= 0.3 is 0 Å². The highest BCUT2D eigenvalue weighted by Crippen LogP contribution is 2.40. The van der Waals surface area contributed by atoms with Gasteiger partial charge < -0.3 is 14.9 Å². The van der Waals surface area contributed by atoms with Crippen LogP contribution in [0.1, 0.15) is 61.6 Å². The molecule has 5 nitrogen and oxygen atoms in total. The van der Waals surface area contributed by atoms with Crippen molar-refractivity contribution in [3.63, 3.8) is 0 Å². The molecular formula is C28H38F2N2O3. The number of hydrogen-bond acceptors (Lipinski definition) is 5. The Morgan fingerprint density at radius 3 is 2.49 bits per heavy atom. The van der Waals surface area contributed by atoms with Crippen LogP contribution in [0.4, 0.5) is 8.78 Å². The molecule has 2 aliphatic rings. The van der Waals surface area contributed by atoms with Gasteiger partial charge in [-0.25, -0.2) is 8.78 Å². The van der Waals surface area contributed by atoms with Crippen molar-refractivity contribution < 1.29 is 23.7 Å². The van der Waals surface area contributed by atoms with Gasteiger partial charge in [0.2, 0.25) is 0 Å². The van der Waals surface area contributed by atoms with Crippen LogP contribution in [-0.4, -0.2) is 71.4 Å². The van der Waals surface area contributed by atoms with Gasteiger partial charge in [-0.15, -0.1) is 0 Å². The summed E-state index contributed by atoms with van der Waals surface area (Å²) < 4.78 is 34.6. The standard InChI is InChI=1S/C28H38F2N2O3/c1-4-21-15-31(16-21)11-12-35-25-8-5-22(6-9-25)27-26-10-7-23(20(3)34)14-24(26)13-19(2)32(27)17-28(29,30)18-33/h5-10,14,19-21,27,33-34H,4,11-13,15-18H2,1-3H3/t19-,20+,27-/m0/s1. The Balaban J connectivity index is 1.54. The maximum Gasteiger partial charge on any atom is 0.283 e. The normalized spacial score (nSPS) is 22.5. The lowest BCUT2D eigenvalue weighted by Crippen LogP contribution is -2.49. The zero-order valence-corrected chi connectivity index (χ0v) is 21.0. The molecule has 192 valence electrons. The third kappa shape index (κ3) is 6.02. The van der Waals surface area contributed by atoms with Gasteiger partial charge in [-0.1, -0.05) is 43.7 Å². The minimum absolute atomic E-state index is 0.159. The van der Waals surface area contributed by atoms with E-state index in [9.17, 15) is 19.0 Å². The number of alkyl halides is 2. The maximum absolute atomic E-state index is 14.3. The molecule has 35 heavy (non-hydrogen) atoms. The lowest BCUT2D eigenvalue weighted by molar-refractivity contribution is -0.0862. The van der Waals surface area contributed by atoms with Crippen LogP contribution in [0.2, 0.25) is 0 Å². The topological polar surface area (TPSA) is 56.2 Å². The molecule has 2 heterocycles. The molecule has 3 atom stereocenters. The van der Waals surface area contributed by atoms with E-state index in [1.807, 2.05) is 49.4 Å². The second-order valence-corrected chi connectivity index (χ2v) is 10.2. The number of benzene rings is 2. The number of fused-ring (bicyclic) bond motifs is 1. The zero-order valence-electron chi connectivity index (χ0n) is 21.0. The molecule has 0 bridgehead atoms. The van der Waals surface area contributed by atoms with E-state index in [1.54, 1.807) is 11.8 Å². The highest BCUT2D eigenvalue weighted by atomic mass is 19.3. The van der Waals surface area contributed by atoms with Crippen LogP contribution in [0.3, 0.4) is 0 Å². The quantitative estimate of drug-likeness (QED) is 0.519. The number of nitrogens with zero attached hydrogens (tertiary/aromatic N) is 2. The largest absolute Gasteiger partial charge is 0.492 e. The van der Waals surface area contributed by atoms with Crippen molar-refractivity contribution >= 4 is 0 Å². The molecule has 2 aromatic carbocycles. The first-order valence-corrected chi connectivity index (χ1v) is 12.7. The van der Waals surface area contributed by atoms with Crippen molar-refractivity contribution in [1.29, 1.82) is 0 Å². The van der Waals surface area contributed by atoms with Crippen molar-refractivity contribution in [2.24, 2.45) is 5.92 Å². The summed E-state index contributed by atoms with van der Waals surface area (Å²) in [5, 5.41) is 19.3. The molecule has 0 amide bonds. The Morgan fingerprint density at radius 2 is 1.86 bits per heavy atom. The van der Waals surface area contributed by atoms with Crippen molar-refractivity contribution in [1.82, 2.24) is 9.80 Å². The number of aliphatic hydroxyl groups excluding tert-OH is 2. The van der Waals surface area contributed by atoms with E-state index < -0.39 is 25.2 Å². The summed E-state index contributed by atoms with van der Waals surface area (Å²) in [4.78, 5) is 4.17. The summed E-state index contributed by atoms with van der Waals surface area (Å²) in [6.07, 6.45) is 1.24. The van der Waals surface area contributed by atoms with Crippen LogP contribution in [0.25, 0.3) is 0 Å². The third-order valence-electron chi connectivity index (χ3n) is 7.48. The van der Waals surface area contributed by atoms with Crippen LogP contribution >= 0.6 is 0 Å². The number of rotatable bonds is 10. The van der Waals surface area contributed by atoms with Crippen LogP contribution in [0.5, 0.6) is 5.75 Å². The minimum atomic E-state index is -3.19. The summed E-state index contributed by atoms with van der Waals surface area (Å²) in [5.74, 6) is -1.62. The smallest absolute Gasteiger partial charge is 0.283 e. The van der Waals surface area contributed by atoms with E-state index in [-0.39, 0.29) is 12.1 Å². The van der Waals surface area contributed by atoms with Gasteiger partial charge in [-0.2, -0.15) is 0 Å². The van der Waals surface area contributed by atoms with Gasteiger partial charge in [-0.05, 0) is 60.6 Å². The summed E-state index contributed by atoms with van der Waals surface area (Å²) in [6, 6.07) is 13.0. The van der Waals surface area contributed by atoms with Crippen LogP contribution in [-0.2, 0) is 6.42 Å². The molecule has 2 aromatic rings. The Bertz CT molecular complexity index is 977. The summed E-state index contributed by atoms with van der Waals surface area (Å²) in [7, 11) is 0. The van der Waals surface area contributed by atoms with Crippen LogP contribution < -0.4 is 4.74 Å². The molecule has 0 radical (unpaired) electrons. The molecule has 2 N–H and O–H groups in total. The third-order valence-corrected chi connectivity index (χ3v) is 7.48. The fourth-order valence-electron chi connectivity index (χ4n) is 5.29. The molecular weight excluding hydrogens is 450 g/mol. The lowest BCUT2D eigenvalue weighted by atomic mass is 9.83. The Hall–Kier alpha value is -2.06. The molecule has 2 aliphatic heterocycles. The van der Waals surface area contributed by atoms with E-state index in [4.69, 9.17) is 4.74 Å². The fourth-order valence-corrected chi connectivity index (χ4v) is 5.29. The molecule has 0 aliphatic carbocycles. The van der Waals surface area contributed by atoms with Crippen LogP contribution in [0, 0.1) is 5.92 Å². The van der Waals surface area contributed by atoms with Crippen molar-refractivity contribution in [3.05, 3.63) is 64.7 Å². The van der Waals surface area contributed by atoms with E-state index in [1.165, 1.54) is 6.42 Å². The average molecular weight is 489 g/mol. The lowest BCUT2D eigenvalue weighted by Gasteiger charge is -2.43. The van der Waals surface area contributed by atoms with Crippen molar-refractivity contribution in [3.8, 4) is 5.75 Å². The number of hydrogen-bond donors (Lipinski definition) is 2. The molecule has 0 saturated carbocycles. The SMILES string of the molecule is CCC1CN(CCOc2ccc([C@H]3c4ccc([C@@H](C)O)cc4C[C@H](C)N3CC(F)(F)CO)cc2)C1. The van der Waals surface area contributed by atoms with E-state index in [0.717, 1.165) is 53.6 Å². The molecule has 0 unspecified atom stereocenters. The maximum atomic E-state index is 14.3. The summed E-state index contributed by atoms with van der Waals surface area (Å²) in [5.41, 5.74) is 3.74. The number of halogens is 2. The number of likely N-dealkylation sites (tertiary alicyclic amines) is 1. The van der Waals surface area contributed by atoms with E-state index in [0.29, 0.717) is 13.0 Å². The predicted molar refractivity (Wildman–Crippen MR) is 133 cm³/mol. The van der Waals surface area contributed by atoms with Gasteiger partial charge in [0.1, 0.15) is 19.0 Å². The number of aliphatic hydroxyl groups is 2. The van der Waals surface area contributed by atoms with Gasteiger partial charge in [0, 0.05) is 25.7 Å². The Morgan fingerprint density at radius 1 is 1.14 bits per heavy atom. The summed E-state index contributed by atoms with van der Waals surface area (Å²) in [6.45, 7) is 7.99. The second-order valence-electron chi connectivity index (χ2n) is 10.2. The highest BCUT2D eigenvalue weighted by Gasteiger charge is 2.40. The fraction of sp³-hybridized carbons (Fsp3) is 0.571. The minimum Gasteiger partial charge on any atom is -0.492 e. The van der Waals surface area contributed by atoms with Crippen molar-refractivity contribution in [2.75, 3.05) is 39.4 Å². The van der Waals surface area contributed by atoms with Crippen LogP contribution in [0.15, 0.2) is 42.5 Å². The first-order chi connectivity index (χ1) is 16.7. The van der Waals surface area contributed by atoms with E-state index in [2.05, 4.69) is 11.8 Å². The predicted octanol–water partition coefficient (Wildman–Crippen LogP) is 4.42. The molecule has 1 saturated heterocycles. The average Bonchev–Trinajstić information content (AvgIpc) is 2.81. The van der Waals surface area contributed by atoms with Crippen molar-refractivity contribution in [2.45, 2.75) is 57.7 Å². The van der Waals surface area contributed by atoms with E-state index >= 15 is 0 Å². The molecule has 1 fully saturated rings. The Labute approximate surface area is 207 Å². The van der Waals surface area contributed by atoms with Gasteiger partial charge in [-0.3, -0.25) is 9.80 Å². The second kappa shape index (κ2) is 10.9. The molecule has 4 rings (SSSR count). The number of ether oxygens (including phenoxy) is 1. The molecule has 7 heteroatoms. The monoisotopic (exact) mass is 488 g/mol. The van der Waals surface area contributed by atoms with Gasteiger partial charge in [0.05, 0.1) is 18.7 Å². The summed E-state index contributed by atoms with van der Waals surface area (Å²) >= 11 is 0. The zero-order chi connectivity index (χ0) is 25.2.